The summed E-state index contributed by atoms with van der Waals surface area (Å²) in [5.41, 5.74) is 5.15. The van der Waals surface area contributed by atoms with Crippen LogP contribution in [0, 0.1) is 6.92 Å². The van der Waals surface area contributed by atoms with Gasteiger partial charge < -0.3 is 0 Å². The minimum absolute atomic E-state index is 0.0766. The van der Waals surface area contributed by atoms with Gasteiger partial charge >= 0.3 is 0 Å². The minimum atomic E-state index is -3.86. The van der Waals surface area contributed by atoms with Gasteiger partial charge in [-0.15, -0.1) is 0 Å². The highest BCUT2D eigenvalue weighted by molar-refractivity contribution is 7.89. The van der Waals surface area contributed by atoms with E-state index in [1.165, 1.54) is 18.3 Å². The van der Waals surface area contributed by atoms with Crippen molar-refractivity contribution in [3.05, 3.63) is 102 Å². The van der Waals surface area contributed by atoms with Gasteiger partial charge in [-0.05, 0) is 30.2 Å². The Morgan fingerprint density at radius 2 is 1.53 bits per heavy atom. The zero-order chi connectivity index (χ0) is 21.4. The van der Waals surface area contributed by atoms with Crippen LogP contribution in [-0.4, -0.2) is 31.4 Å². The quantitative estimate of drug-likeness (QED) is 0.448. The topological polar surface area (TPSA) is 78.8 Å². The van der Waals surface area contributed by atoms with E-state index in [1.807, 2.05) is 61.5 Å². The first kappa shape index (κ1) is 21.4. The first-order valence-electron chi connectivity index (χ1n) is 9.43. The number of aryl methyl sites for hydroxylation is 1. The molecule has 0 radical (unpaired) electrons. The van der Waals surface area contributed by atoms with Gasteiger partial charge in [0.2, 0.25) is 10.0 Å². The number of benzene rings is 3. The molecule has 0 unspecified atom stereocenters. The van der Waals surface area contributed by atoms with E-state index in [-0.39, 0.29) is 18.0 Å². The van der Waals surface area contributed by atoms with E-state index in [4.69, 9.17) is 0 Å². The van der Waals surface area contributed by atoms with Crippen molar-refractivity contribution in [2.75, 3.05) is 6.54 Å². The van der Waals surface area contributed by atoms with Crippen molar-refractivity contribution in [1.82, 2.24) is 9.73 Å². The maximum atomic E-state index is 13.1. The van der Waals surface area contributed by atoms with Crippen LogP contribution in [0.25, 0.3) is 0 Å². The van der Waals surface area contributed by atoms with Crippen LogP contribution in [0.4, 0.5) is 0 Å². The summed E-state index contributed by atoms with van der Waals surface area (Å²) in [6.07, 6.45) is 1.52. The minimum Gasteiger partial charge on any atom is -0.272 e. The summed E-state index contributed by atoms with van der Waals surface area (Å²) in [4.78, 5) is 12.6. The van der Waals surface area contributed by atoms with E-state index < -0.39 is 15.9 Å². The fourth-order valence-corrected chi connectivity index (χ4v) is 4.19. The molecular weight excluding hydrogens is 398 g/mol. The molecule has 0 spiro atoms. The molecule has 0 bridgehead atoms. The van der Waals surface area contributed by atoms with Crippen molar-refractivity contribution >= 4 is 22.1 Å². The number of hydrazone groups is 1. The van der Waals surface area contributed by atoms with Gasteiger partial charge in [-0.1, -0.05) is 78.4 Å². The molecule has 7 heteroatoms. The normalized spacial score (nSPS) is 11.7. The van der Waals surface area contributed by atoms with E-state index in [2.05, 4.69) is 10.5 Å². The third-order valence-corrected chi connectivity index (χ3v) is 6.19. The highest BCUT2D eigenvalue weighted by Gasteiger charge is 2.26. The maximum Gasteiger partial charge on any atom is 0.255 e. The van der Waals surface area contributed by atoms with Crippen LogP contribution in [0.15, 0.2) is 94.9 Å². The molecule has 0 saturated carbocycles. The largest absolute Gasteiger partial charge is 0.272 e. The first-order valence-corrected chi connectivity index (χ1v) is 10.9. The Labute approximate surface area is 176 Å². The van der Waals surface area contributed by atoms with Crippen molar-refractivity contribution in [1.29, 1.82) is 0 Å². The Morgan fingerprint density at radius 1 is 0.933 bits per heavy atom. The molecule has 3 aromatic carbocycles. The Kier molecular flexibility index (Phi) is 7.11. The van der Waals surface area contributed by atoms with Crippen molar-refractivity contribution in [2.24, 2.45) is 5.10 Å². The summed E-state index contributed by atoms with van der Waals surface area (Å²) in [5.74, 6) is -0.520. The first-order chi connectivity index (χ1) is 14.4. The lowest BCUT2D eigenvalue weighted by atomic mass is 10.2. The zero-order valence-corrected chi connectivity index (χ0v) is 17.4. The number of hydrogen-bond donors (Lipinski definition) is 1. The van der Waals surface area contributed by atoms with Gasteiger partial charge in [0.05, 0.1) is 17.7 Å². The van der Waals surface area contributed by atoms with Crippen molar-refractivity contribution < 1.29 is 13.2 Å². The van der Waals surface area contributed by atoms with Crippen LogP contribution in [-0.2, 0) is 21.4 Å². The summed E-state index contributed by atoms with van der Waals surface area (Å²) < 4.78 is 27.4. The SMILES string of the molecule is Cc1ccc(/C=N\NC(=O)CN(Cc2ccccc2)S(=O)(=O)c2ccccc2)cc1. The Hall–Kier alpha value is -3.29. The number of amides is 1. The maximum absolute atomic E-state index is 13.1. The molecule has 3 aromatic rings. The molecule has 0 aromatic heterocycles. The highest BCUT2D eigenvalue weighted by atomic mass is 32.2. The van der Waals surface area contributed by atoms with E-state index in [1.54, 1.807) is 18.2 Å². The van der Waals surface area contributed by atoms with Gasteiger partial charge in [0, 0.05) is 6.54 Å². The van der Waals surface area contributed by atoms with Crippen LogP contribution in [0.3, 0.4) is 0 Å². The fourth-order valence-electron chi connectivity index (χ4n) is 2.78. The molecule has 30 heavy (non-hydrogen) atoms. The van der Waals surface area contributed by atoms with Crippen molar-refractivity contribution in [2.45, 2.75) is 18.4 Å². The number of nitrogens with one attached hydrogen (secondary N) is 1. The smallest absolute Gasteiger partial charge is 0.255 e. The fraction of sp³-hybridized carbons (Fsp3) is 0.130. The molecule has 0 saturated heterocycles. The number of hydrogen-bond acceptors (Lipinski definition) is 4. The third-order valence-electron chi connectivity index (χ3n) is 4.38. The van der Waals surface area contributed by atoms with Gasteiger partial charge in [0.15, 0.2) is 0 Å². The van der Waals surface area contributed by atoms with Gasteiger partial charge in [-0.2, -0.15) is 9.41 Å². The van der Waals surface area contributed by atoms with Crippen molar-refractivity contribution in [3.63, 3.8) is 0 Å². The van der Waals surface area contributed by atoms with Crippen LogP contribution in [0.5, 0.6) is 0 Å². The summed E-state index contributed by atoms with van der Waals surface area (Å²) in [7, 11) is -3.86. The van der Waals surface area contributed by atoms with Crippen LogP contribution >= 0.6 is 0 Å². The molecule has 1 N–H and O–H groups in total. The second-order valence-corrected chi connectivity index (χ2v) is 8.71. The zero-order valence-electron chi connectivity index (χ0n) is 16.6. The second kappa shape index (κ2) is 9.96. The van der Waals surface area contributed by atoms with E-state index in [9.17, 15) is 13.2 Å². The molecule has 0 fully saturated rings. The van der Waals surface area contributed by atoms with Crippen molar-refractivity contribution in [3.8, 4) is 0 Å². The van der Waals surface area contributed by atoms with E-state index >= 15 is 0 Å². The summed E-state index contributed by atoms with van der Waals surface area (Å²) in [6.45, 7) is 1.71. The van der Waals surface area contributed by atoms with Gasteiger partial charge in [0.1, 0.15) is 0 Å². The molecule has 0 aliphatic carbocycles. The monoisotopic (exact) mass is 421 g/mol. The van der Waals surface area contributed by atoms with Crippen LogP contribution in [0.2, 0.25) is 0 Å². The summed E-state index contributed by atoms with van der Waals surface area (Å²) >= 11 is 0. The number of rotatable bonds is 8. The average Bonchev–Trinajstić information content (AvgIpc) is 2.76. The number of sulfonamides is 1. The molecule has 1 amide bonds. The molecule has 0 atom stereocenters. The standard InChI is InChI=1S/C23H23N3O3S/c1-19-12-14-20(15-13-19)16-24-25-23(27)18-26(17-21-8-4-2-5-9-21)30(28,29)22-10-6-3-7-11-22/h2-16H,17-18H2,1H3,(H,25,27)/b24-16-. The molecule has 0 aliphatic rings. The van der Waals surface area contributed by atoms with E-state index in [0.29, 0.717) is 0 Å². The summed E-state index contributed by atoms with van der Waals surface area (Å²) in [6, 6.07) is 24.9. The molecule has 154 valence electrons. The Morgan fingerprint density at radius 3 is 2.17 bits per heavy atom. The van der Waals surface area contributed by atoms with Crippen LogP contribution in [0.1, 0.15) is 16.7 Å². The predicted octanol–water partition coefficient (Wildman–Crippen LogP) is 3.34. The molecule has 0 aliphatic heterocycles. The average molecular weight is 422 g/mol. The number of nitrogens with zero attached hydrogens (tertiary/aromatic N) is 2. The van der Waals surface area contributed by atoms with Gasteiger partial charge in [0.25, 0.3) is 5.91 Å². The lowest BCUT2D eigenvalue weighted by Crippen LogP contribution is -2.39. The highest BCUT2D eigenvalue weighted by Crippen LogP contribution is 2.18. The molecule has 3 rings (SSSR count). The lowest BCUT2D eigenvalue weighted by molar-refractivity contribution is -0.121. The number of carbonyl (C=O) groups excluding carboxylic acids is 1. The predicted molar refractivity (Wildman–Crippen MR) is 117 cm³/mol. The molecular formula is C23H23N3O3S. The van der Waals surface area contributed by atoms with E-state index in [0.717, 1.165) is 21.0 Å². The Bertz CT molecular complexity index is 1100. The molecule has 6 nitrogen and oxygen atoms in total. The van der Waals surface area contributed by atoms with Crippen LogP contribution < -0.4 is 5.43 Å². The molecule has 0 heterocycles. The summed E-state index contributed by atoms with van der Waals surface area (Å²) in [5, 5.41) is 3.94. The number of carbonyl (C=O) groups is 1. The second-order valence-electron chi connectivity index (χ2n) is 6.78. The Balaban J connectivity index is 1.74. The third kappa shape index (κ3) is 5.85. The lowest BCUT2D eigenvalue weighted by Gasteiger charge is -2.21. The van der Waals surface area contributed by atoms with Gasteiger partial charge in [-0.3, -0.25) is 4.79 Å². The van der Waals surface area contributed by atoms with Gasteiger partial charge in [-0.25, -0.2) is 13.8 Å².